The van der Waals surface area contributed by atoms with E-state index in [1.54, 1.807) is 7.11 Å². The lowest BCUT2D eigenvalue weighted by Crippen LogP contribution is -2.21. The van der Waals surface area contributed by atoms with Gasteiger partial charge in [-0.2, -0.15) is 0 Å². The highest BCUT2D eigenvalue weighted by molar-refractivity contribution is 5.99. The summed E-state index contributed by atoms with van der Waals surface area (Å²) in [5.41, 5.74) is 3.73. The van der Waals surface area contributed by atoms with Crippen LogP contribution in [0.5, 0.6) is 11.5 Å². The first-order valence-electron chi connectivity index (χ1n) is 12.3. The van der Waals surface area contributed by atoms with Crippen LogP contribution in [-0.2, 0) is 32.1 Å². The number of allylic oxidation sites excluding steroid dienone is 2. The van der Waals surface area contributed by atoms with E-state index in [0.29, 0.717) is 35.5 Å². The summed E-state index contributed by atoms with van der Waals surface area (Å²) in [5, 5.41) is 0. The average molecular weight is 473 g/mol. The van der Waals surface area contributed by atoms with Crippen LogP contribution in [0.25, 0.3) is 0 Å². The fourth-order valence-corrected chi connectivity index (χ4v) is 4.76. The molecule has 1 aromatic carbocycles. The number of carbonyl (C=O) groups is 3. The van der Waals surface area contributed by atoms with E-state index in [4.69, 9.17) is 18.9 Å². The number of cyclic esters (lactones) is 1. The third-order valence-electron chi connectivity index (χ3n) is 6.67. The maximum absolute atomic E-state index is 12.4. The summed E-state index contributed by atoms with van der Waals surface area (Å²) in [5.74, 6) is -0.293. The first kappa shape index (κ1) is 25.8. The maximum atomic E-state index is 12.4. The summed E-state index contributed by atoms with van der Waals surface area (Å²) in [6.07, 6.45) is 10.1. The number of fused-ring (bicyclic) bond motifs is 1. The molecule has 7 nitrogen and oxygen atoms in total. The molecule has 1 aromatic rings. The van der Waals surface area contributed by atoms with Gasteiger partial charge in [0.2, 0.25) is 0 Å². The van der Waals surface area contributed by atoms with Crippen LogP contribution in [0.2, 0.25) is 0 Å². The third kappa shape index (κ3) is 5.99. The molecule has 1 aliphatic heterocycles. The van der Waals surface area contributed by atoms with E-state index in [1.165, 1.54) is 18.9 Å². The van der Waals surface area contributed by atoms with Gasteiger partial charge in [-0.25, -0.2) is 4.79 Å². The summed E-state index contributed by atoms with van der Waals surface area (Å²) in [7, 11) is 1.57. The van der Waals surface area contributed by atoms with Crippen LogP contribution >= 0.6 is 0 Å². The van der Waals surface area contributed by atoms with E-state index in [1.807, 2.05) is 6.92 Å². The first-order chi connectivity index (χ1) is 16.4. The summed E-state index contributed by atoms with van der Waals surface area (Å²) in [6.45, 7) is 6.00. The van der Waals surface area contributed by atoms with E-state index in [2.05, 4.69) is 13.0 Å². The Morgan fingerprint density at radius 1 is 1.12 bits per heavy atom. The quantitative estimate of drug-likeness (QED) is 0.195. The topological polar surface area (TPSA) is 88.1 Å². The van der Waals surface area contributed by atoms with Crippen LogP contribution in [0, 0.1) is 12.8 Å². The van der Waals surface area contributed by atoms with Crippen LogP contribution in [-0.4, -0.2) is 31.6 Å². The van der Waals surface area contributed by atoms with Crippen molar-refractivity contribution >= 4 is 17.9 Å². The molecule has 186 valence electrons. The number of benzene rings is 1. The number of hydrogen-bond donors (Lipinski definition) is 0. The molecule has 0 spiro atoms. The molecule has 1 fully saturated rings. The number of esters is 3. The fraction of sp³-hybridized carbons (Fsp3) is 0.593. The normalized spacial score (nSPS) is 17.1. The zero-order chi connectivity index (χ0) is 24.7. The Morgan fingerprint density at radius 2 is 1.85 bits per heavy atom. The SMILES string of the molecule is CCCCCCOC(=O)C1CCC(=CCc2c(OC)c(C)c3c(c2OC(C)=O)C(=O)OC3)CC1. The molecule has 1 heterocycles. The lowest BCUT2D eigenvalue weighted by Gasteiger charge is -2.23. The van der Waals surface area contributed by atoms with Crippen molar-refractivity contribution < 1.29 is 33.3 Å². The molecule has 7 heteroatoms. The Kier molecular flexibility index (Phi) is 9.13. The van der Waals surface area contributed by atoms with Crippen LogP contribution in [0.15, 0.2) is 11.6 Å². The van der Waals surface area contributed by atoms with Gasteiger partial charge in [-0.3, -0.25) is 9.59 Å². The fourth-order valence-electron chi connectivity index (χ4n) is 4.76. The Hall–Kier alpha value is -2.83. The predicted octanol–water partition coefficient (Wildman–Crippen LogP) is 5.38. The molecule has 1 aliphatic carbocycles. The molecule has 2 aliphatic rings. The number of unbranched alkanes of at least 4 members (excludes halogenated alkanes) is 3. The van der Waals surface area contributed by atoms with Crippen LogP contribution in [0.4, 0.5) is 0 Å². The standard InChI is InChI=1S/C27H36O7/c1-5-6-7-8-15-32-26(29)20-12-9-19(10-13-20)11-14-21-24(31-4)17(2)22-16-33-27(30)23(22)25(21)34-18(3)28/h11,20H,5-10,12-16H2,1-4H3. The molecule has 0 aromatic heterocycles. The zero-order valence-corrected chi connectivity index (χ0v) is 20.8. The van der Waals surface area contributed by atoms with E-state index in [9.17, 15) is 14.4 Å². The van der Waals surface area contributed by atoms with Crippen molar-refractivity contribution in [2.45, 2.75) is 85.2 Å². The second-order valence-corrected chi connectivity index (χ2v) is 9.06. The van der Waals surface area contributed by atoms with Gasteiger partial charge in [-0.1, -0.05) is 37.8 Å². The molecule has 0 radical (unpaired) electrons. The molecule has 0 unspecified atom stereocenters. The van der Waals surface area contributed by atoms with Crippen molar-refractivity contribution in [3.8, 4) is 11.5 Å². The Labute approximate surface area is 201 Å². The second-order valence-electron chi connectivity index (χ2n) is 9.06. The van der Waals surface area contributed by atoms with E-state index >= 15 is 0 Å². The van der Waals surface area contributed by atoms with Gasteiger partial charge in [0.25, 0.3) is 0 Å². The van der Waals surface area contributed by atoms with Crippen molar-refractivity contribution in [3.05, 3.63) is 33.9 Å². The minimum absolute atomic E-state index is 0.0496. The summed E-state index contributed by atoms with van der Waals surface area (Å²) >= 11 is 0. The molecular formula is C27H36O7. The first-order valence-corrected chi connectivity index (χ1v) is 12.3. The van der Waals surface area contributed by atoms with Crippen molar-refractivity contribution in [2.75, 3.05) is 13.7 Å². The van der Waals surface area contributed by atoms with Gasteiger partial charge in [0.1, 0.15) is 17.9 Å². The van der Waals surface area contributed by atoms with Gasteiger partial charge in [-0.05, 0) is 51.0 Å². The molecule has 3 rings (SSSR count). The third-order valence-corrected chi connectivity index (χ3v) is 6.67. The van der Waals surface area contributed by atoms with E-state index in [-0.39, 0.29) is 24.2 Å². The summed E-state index contributed by atoms with van der Waals surface area (Å²) in [4.78, 5) is 36.6. The second kappa shape index (κ2) is 12.0. The minimum Gasteiger partial charge on any atom is -0.496 e. The van der Waals surface area contributed by atoms with Crippen LogP contribution < -0.4 is 9.47 Å². The van der Waals surface area contributed by atoms with Gasteiger partial charge in [-0.15, -0.1) is 0 Å². The monoisotopic (exact) mass is 472 g/mol. The smallest absolute Gasteiger partial charge is 0.342 e. The molecule has 0 atom stereocenters. The van der Waals surface area contributed by atoms with Crippen molar-refractivity contribution in [3.63, 3.8) is 0 Å². The molecule has 0 saturated heterocycles. The van der Waals surface area contributed by atoms with Crippen molar-refractivity contribution in [2.24, 2.45) is 5.92 Å². The Morgan fingerprint density at radius 3 is 2.50 bits per heavy atom. The van der Waals surface area contributed by atoms with Gasteiger partial charge >= 0.3 is 17.9 Å². The molecule has 34 heavy (non-hydrogen) atoms. The Balaban J connectivity index is 1.70. The number of carbonyl (C=O) groups excluding carboxylic acids is 3. The summed E-state index contributed by atoms with van der Waals surface area (Å²) < 4.78 is 21.8. The Bertz CT molecular complexity index is 950. The van der Waals surface area contributed by atoms with Crippen LogP contribution in [0.1, 0.15) is 92.3 Å². The van der Waals surface area contributed by atoms with Crippen LogP contribution in [0.3, 0.4) is 0 Å². The maximum Gasteiger partial charge on any atom is 0.342 e. The molecule has 1 saturated carbocycles. The molecular weight excluding hydrogens is 436 g/mol. The highest BCUT2D eigenvalue weighted by atomic mass is 16.6. The number of rotatable bonds is 10. The minimum atomic E-state index is -0.504. The number of ether oxygens (including phenoxy) is 4. The lowest BCUT2D eigenvalue weighted by atomic mass is 9.85. The lowest BCUT2D eigenvalue weighted by molar-refractivity contribution is -0.149. The highest BCUT2D eigenvalue weighted by Gasteiger charge is 2.34. The molecule has 0 N–H and O–H groups in total. The largest absolute Gasteiger partial charge is 0.496 e. The summed E-state index contributed by atoms with van der Waals surface area (Å²) in [6, 6.07) is 0. The van der Waals surface area contributed by atoms with Gasteiger partial charge < -0.3 is 18.9 Å². The van der Waals surface area contributed by atoms with E-state index in [0.717, 1.165) is 50.5 Å². The van der Waals surface area contributed by atoms with Gasteiger partial charge in [0.15, 0.2) is 5.75 Å². The van der Waals surface area contributed by atoms with Crippen molar-refractivity contribution in [1.29, 1.82) is 0 Å². The number of methoxy groups -OCH3 is 1. The van der Waals surface area contributed by atoms with Gasteiger partial charge in [0, 0.05) is 18.1 Å². The number of hydrogen-bond acceptors (Lipinski definition) is 7. The highest BCUT2D eigenvalue weighted by Crippen LogP contribution is 2.43. The molecule has 0 bridgehead atoms. The predicted molar refractivity (Wildman–Crippen MR) is 127 cm³/mol. The van der Waals surface area contributed by atoms with Gasteiger partial charge in [0.05, 0.1) is 19.6 Å². The van der Waals surface area contributed by atoms with E-state index < -0.39 is 11.9 Å². The average Bonchev–Trinajstić information content (AvgIpc) is 3.21. The molecule has 0 amide bonds. The zero-order valence-electron chi connectivity index (χ0n) is 20.8. The van der Waals surface area contributed by atoms with Crippen molar-refractivity contribution in [1.82, 2.24) is 0 Å².